The van der Waals surface area contributed by atoms with E-state index >= 15 is 0 Å². The standard InChI is InChI=1S/C23H23BrFNO2/c1-16-3-5-17(6-4-16)13-26-14-20-21(24)11-12-22(27-2)23(20)28-15-18-7-9-19(25)10-8-18/h3-12,26H,13-15H2,1-2H3. The fraction of sp³-hybridized carbons (Fsp3) is 0.217. The summed E-state index contributed by atoms with van der Waals surface area (Å²) >= 11 is 3.62. The van der Waals surface area contributed by atoms with Crippen LogP contribution in [-0.4, -0.2) is 7.11 Å². The Morgan fingerprint density at radius 1 is 0.893 bits per heavy atom. The van der Waals surface area contributed by atoms with E-state index in [0.29, 0.717) is 24.7 Å². The topological polar surface area (TPSA) is 30.5 Å². The summed E-state index contributed by atoms with van der Waals surface area (Å²) in [6.07, 6.45) is 0. The first-order valence-corrected chi connectivity index (χ1v) is 9.85. The first-order valence-electron chi connectivity index (χ1n) is 9.05. The maximum absolute atomic E-state index is 13.1. The number of nitrogens with one attached hydrogen (secondary N) is 1. The number of aryl methyl sites for hydroxylation is 1. The van der Waals surface area contributed by atoms with E-state index in [2.05, 4.69) is 52.4 Å². The Labute approximate surface area is 173 Å². The molecule has 0 radical (unpaired) electrons. The summed E-state index contributed by atoms with van der Waals surface area (Å²) in [6.45, 7) is 3.78. The summed E-state index contributed by atoms with van der Waals surface area (Å²) in [5, 5.41) is 3.46. The smallest absolute Gasteiger partial charge is 0.167 e. The minimum Gasteiger partial charge on any atom is -0.493 e. The van der Waals surface area contributed by atoms with Crippen LogP contribution >= 0.6 is 15.9 Å². The fourth-order valence-corrected chi connectivity index (χ4v) is 3.29. The lowest BCUT2D eigenvalue weighted by atomic mass is 10.1. The number of benzene rings is 3. The second-order valence-corrected chi connectivity index (χ2v) is 7.42. The molecule has 3 nitrogen and oxygen atoms in total. The Hall–Kier alpha value is -2.37. The number of ether oxygens (including phenoxy) is 2. The molecule has 3 aromatic carbocycles. The second-order valence-electron chi connectivity index (χ2n) is 6.56. The second kappa shape index (κ2) is 9.71. The number of hydrogen-bond donors (Lipinski definition) is 1. The minimum atomic E-state index is -0.259. The van der Waals surface area contributed by atoms with Crippen molar-refractivity contribution < 1.29 is 13.9 Å². The lowest BCUT2D eigenvalue weighted by molar-refractivity contribution is 0.280. The van der Waals surface area contributed by atoms with Crippen LogP contribution in [0.3, 0.4) is 0 Å². The van der Waals surface area contributed by atoms with E-state index in [-0.39, 0.29) is 5.82 Å². The van der Waals surface area contributed by atoms with Crippen LogP contribution in [0, 0.1) is 12.7 Å². The molecule has 3 rings (SSSR count). The Balaban J connectivity index is 1.73. The van der Waals surface area contributed by atoms with E-state index < -0.39 is 0 Å². The zero-order chi connectivity index (χ0) is 19.9. The predicted octanol–water partition coefficient (Wildman–Crippen LogP) is 5.77. The molecule has 5 heteroatoms. The molecule has 1 N–H and O–H groups in total. The Kier molecular flexibility index (Phi) is 7.06. The molecule has 0 aliphatic heterocycles. The Morgan fingerprint density at radius 2 is 1.57 bits per heavy atom. The summed E-state index contributed by atoms with van der Waals surface area (Å²) in [6, 6.07) is 18.6. The van der Waals surface area contributed by atoms with Gasteiger partial charge in [0.2, 0.25) is 0 Å². The molecule has 146 valence electrons. The largest absolute Gasteiger partial charge is 0.493 e. The Morgan fingerprint density at radius 3 is 2.25 bits per heavy atom. The van der Waals surface area contributed by atoms with E-state index in [1.54, 1.807) is 19.2 Å². The van der Waals surface area contributed by atoms with E-state index in [4.69, 9.17) is 9.47 Å². The first kappa shape index (κ1) is 20.4. The summed E-state index contributed by atoms with van der Waals surface area (Å²) in [5.41, 5.74) is 4.34. The van der Waals surface area contributed by atoms with Gasteiger partial charge in [-0.3, -0.25) is 0 Å². The molecule has 0 bridgehead atoms. The van der Waals surface area contributed by atoms with Crippen molar-refractivity contribution in [1.82, 2.24) is 5.32 Å². The van der Waals surface area contributed by atoms with Crippen LogP contribution in [0.5, 0.6) is 11.5 Å². The van der Waals surface area contributed by atoms with Gasteiger partial charge in [-0.25, -0.2) is 4.39 Å². The molecule has 3 aromatic rings. The summed E-state index contributed by atoms with van der Waals surface area (Å²) < 4.78 is 25.6. The highest BCUT2D eigenvalue weighted by Gasteiger charge is 2.15. The molecule has 0 saturated heterocycles. The first-order chi connectivity index (χ1) is 13.6. The van der Waals surface area contributed by atoms with Crippen LogP contribution in [-0.2, 0) is 19.7 Å². The quantitative estimate of drug-likeness (QED) is 0.478. The lowest BCUT2D eigenvalue weighted by Crippen LogP contribution is -2.14. The van der Waals surface area contributed by atoms with Gasteiger partial charge in [-0.1, -0.05) is 57.9 Å². The highest BCUT2D eigenvalue weighted by Crippen LogP contribution is 2.36. The van der Waals surface area contributed by atoms with Crippen molar-refractivity contribution in [2.75, 3.05) is 7.11 Å². The van der Waals surface area contributed by atoms with E-state index in [1.807, 2.05) is 12.1 Å². The predicted molar refractivity (Wildman–Crippen MR) is 113 cm³/mol. The van der Waals surface area contributed by atoms with Gasteiger partial charge in [0.15, 0.2) is 11.5 Å². The van der Waals surface area contributed by atoms with Crippen molar-refractivity contribution in [2.24, 2.45) is 0 Å². The van der Waals surface area contributed by atoms with E-state index in [9.17, 15) is 4.39 Å². The van der Waals surface area contributed by atoms with Gasteiger partial charge in [-0.05, 0) is 42.3 Å². The molecule has 0 aromatic heterocycles. The summed E-state index contributed by atoms with van der Waals surface area (Å²) in [4.78, 5) is 0. The monoisotopic (exact) mass is 443 g/mol. The average Bonchev–Trinajstić information content (AvgIpc) is 2.70. The summed E-state index contributed by atoms with van der Waals surface area (Å²) in [7, 11) is 1.62. The van der Waals surface area contributed by atoms with Crippen LogP contribution in [0.4, 0.5) is 4.39 Å². The average molecular weight is 444 g/mol. The van der Waals surface area contributed by atoms with Gasteiger partial charge < -0.3 is 14.8 Å². The third-order valence-corrected chi connectivity index (χ3v) is 5.18. The SMILES string of the molecule is COc1ccc(Br)c(CNCc2ccc(C)cc2)c1OCc1ccc(F)cc1. The molecule has 0 fully saturated rings. The zero-order valence-electron chi connectivity index (χ0n) is 16.0. The van der Waals surface area contributed by atoms with Crippen molar-refractivity contribution in [3.63, 3.8) is 0 Å². The highest BCUT2D eigenvalue weighted by molar-refractivity contribution is 9.10. The molecule has 0 aliphatic carbocycles. The molecule has 0 unspecified atom stereocenters. The van der Waals surface area contributed by atoms with E-state index in [1.165, 1.54) is 23.3 Å². The number of methoxy groups -OCH3 is 1. The number of rotatable bonds is 8. The molecule has 0 amide bonds. The molecule has 0 spiro atoms. The minimum absolute atomic E-state index is 0.259. The third-order valence-electron chi connectivity index (χ3n) is 4.44. The van der Waals surface area contributed by atoms with Gasteiger partial charge in [0.25, 0.3) is 0 Å². The van der Waals surface area contributed by atoms with Crippen molar-refractivity contribution >= 4 is 15.9 Å². The normalized spacial score (nSPS) is 10.7. The van der Waals surface area contributed by atoms with Gasteiger partial charge in [0.1, 0.15) is 12.4 Å². The van der Waals surface area contributed by atoms with Gasteiger partial charge >= 0.3 is 0 Å². The van der Waals surface area contributed by atoms with Crippen molar-refractivity contribution in [2.45, 2.75) is 26.6 Å². The van der Waals surface area contributed by atoms with Crippen molar-refractivity contribution in [3.05, 3.63) is 93.2 Å². The lowest BCUT2D eigenvalue weighted by Gasteiger charge is -2.17. The Bertz CT molecular complexity index is 911. The van der Waals surface area contributed by atoms with Crippen LogP contribution in [0.25, 0.3) is 0 Å². The van der Waals surface area contributed by atoms with Gasteiger partial charge in [-0.2, -0.15) is 0 Å². The third kappa shape index (κ3) is 5.33. The molecule has 28 heavy (non-hydrogen) atoms. The molecular weight excluding hydrogens is 421 g/mol. The molecule has 0 saturated carbocycles. The van der Waals surface area contributed by atoms with Crippen LogP contribution < -0.4 is 14.8 Å². The molecule has 0 heterocycles. The van der Waals surface area contributed by atoms with Crippen LogP contribution in [0.1, 0.15) is 22.3 Å². The molecule has 0 aliphatic rings. The highest BCUT2D eigenvalue weighted by atomic mass is 79.9. The molecule has 0 atom stereocenters. The van der Waals surface area contributed by atoms with Crippen molar-refractivity contribution in [1.29, 1.82) is 0 Å². The van der Waals surface area contributed by atoms with Gasteiger partial charge in [0, 0.05) is 23.1 Å². The van der Waals surface area contributed by atoms with Crippen LogP contribution in [0.2, 0.25) is 0 Å². The molecular formula is C23H23BrFNO2. The maximum atomic E-state index is 13.1. The zero-order valence-corrected chi connectivity index (χ0v) is 17.6. The van der Waals surface area contributed by atoms with Gasteiger partial charge in [0.05, 0.1) is 7.11 Å². The summed E-state index contributed by atoms with van der Waals surface area (Å²) in [5.74, 6) is 1.08. The van der Waals surface area contributed by atoms with Gasteiger partial charge in [-0.15, -0.1) is 0 Å². The number of hydrogen-bond acceptors (Lipinski definition) is 3. The van der Waals surface area contributed by atoms with Crippen LogP contribution in [0.15, 0.2) is 65.1 Å². The van der Waals surface area contributed by atoms with E-state index in [0.717, 1.165) is 22.1 Å². The van der Waals surface area contributed by atoms with Crippen molar-refractivity contribution in [3.8, 4) is 11.5 Å². The fourth-order valence-electron chi connectivity index (χ4n) is 2.84. The number of halogens is 2. The maximum Gasteiger partial charge on any atom is 0.167 e.